The molecule has 2 aliphatic rings. The molecule has 0 bridgehead atoms. The van der Waals surface area contributed by atoms with E-state index < -0.39 is 0 Å². The number of aliphatic hydroxyl groups excluding tert-OH is 1. The van der Waals surface area contributed by atoms with Crippen LogP contribution in [0.1, 0.15) is 45.4 Å². The molecule has 0 amide bonds. The molecule has 9 heteroatoms. The van der Waals surface area contributed by atoms with Crippen LogP contribution in [0.25, 0.3) is 11.3 Å². The number of rotatable bonds is 9. The maximum atomic E-state index is 9.48. The molecule has 34 heavy (non-hydrogen) atoms. The van der Waals surface area contributed by atoms with Gasteiger partial charge in [0.25, 0.3) is 0 Å². The SMILES string of the molecule is C[C@@H](O)CNC1CCC(Nc2cc(-c3cccc(NCC4(N)CCOCC4)n3)c(Cl)cn2)CC1. The number of nitrogens with one attached hydrogen (secondary N) is 3. The first-order chi connectivity index (χ1) is 16.4. The molecule has 0 radical (unpaired) electrons. The second-order valence-corrected chi connectivity index (χ2v) is 10.1. The highest BCUT2D eigenvalue weighted by Gasteiger charge is 2.28. The van der Waals surface area contributed by atoms with Crippen LogP contribution in [0.5, 0.6) is 0 Å². The fourth-order valence-electron chi connectivity index (χ4n) is 4.61. The molecule has 2 fully saturated rings. The highest BCUT2D eigenvalue weighted by molar-refractivity contribution is 6.33. The summed E-state index contributed by atoms with van der Waals surface area (Å²) in [5.74, 6) is 1.59. The molecule has 1 saturated carbocycles. The van der Waals surface area contributed by atoms with Gasteiger partial charge in [-0.25, -0.2) is 9.97 Å². The largest absolute Gasteiger partial charge is 0.392 e. The zero-order valence-corrected chi connectivity index (χ0v) is 20.7. The Kier molecular flexibility index (Phi) is 8.60. The van der Waals surface area contributed by atoms with Crippen molar-refractivity contribution < 1.29 is 9.84 Å². The maximum Gasteiger partial charge on any atom is 0.126 e. The van der Waals surface area contributed by atoms with Crippen LogP contribution < -0.4 is 21.7 Å². The van der Waals surface area contributed by atoms with Gasteiger partial charge >= 0.3 is 0 Å². The van der Waals surface area contributed by atoms with Crippen LogP contribution in [0.3, 0.4) is 0 Å². The lowest BCUT2D eigenvalue weighted by molar-refractivity contribution is 0.0574. The first-order valence-electron chi connectivity index (χ1n) is 12.3. The molecule has 8 nitrogen and oxygen atoms in total. The summed E-state index contributed by atoms with van der Waals surface area (Å²) in [4.78, 5) is 9.29. The Morgan fingerprint density at radius 1 is 1.18 bits per heavy atom. The molecule has 1 aliphatic heterocycles. The van der Waals surface area contributed by atoms with Crippen molar-refractivity contribution in [1.29, 1.82) is 0 Å². The Morgan fingerprint density at radius 3 is 2.65 bits per heavy atom. The first kappa shape index (κ1) is 25.1. The Hall–Kier alpha value is -1.97. The molecular weight excluding hydrogens is 452 g/mol. The van der Waals surface area contributed by atoms with E-state index in [-0.39, 0.29) is 11.6 Å². The van der Waals surface area contributed by atoms with Crippen molar-refractivity contribution in [3.05, 3.63) is 35.5 Å². The van der Waals surface area contributed by atoms with Crippen LogP contribution >= 0.6 is 11.6 Å². The summed E-state index contributed by atoms with van der Waals surface area (Å²) in [5.41, 5.74) is 7.88. The summed E-state index contributed by atoms with van der Waals surface area (Å²) in [6.45, 7) is 4.51. The van der Waals surface area contributed by atoms with Crippen molar-refractivity contribution >= 4 is 23.2 Å². The van der Waals surface area contributed by atoms with Crippen molar-refractivity contribution in [2.24, 2.45) is 5.73 Å². The van der Waals surface area contributed by atoms with E-state index in [9.17, 15) is 5.11 Å². The Bertz CT molecular complexity index is 929. The van der Waals surface area contributed by atoms with Crippen LogP contribution in [0.2, 0.25) is 5.02 Å². The molecule has 1 atom stereocenters. The highest BCUT2D eigenvalue weighted by Crippen LogP contribution is 2.30. The standard InChI is InChI=1S/C25H37ClN6O2/c1-17(33)14-28-18-5-7-19(8-6-18)31-24-13-20(21(26)15-29-24)22-3-2-4-23(32-22)30-16-25(27)9-11-34-12-10-25/h2-4,13,15,17-19,28,33H,5-12,14,16,27H2,1H3,(H,29,31)(H,30,32)/t17-,18?,19?/m1/s1. The lowest BCUT2D eigenvalue weighted by Gasteiger charge is -2.33. The van der Waals surface area contributed by atoms with Crippen LogP contribution in [-0.2, 0) is 4.74 Å². The average molecular weight is 489 g/mol. The molecule has 0 aromatic carbocycles. The molecule has 3 heterocycles. The number of nitrogens with two attached hydrogens (primary N) is 1. The van der Waals surface area contributed by atoms with Gasteiger partial charge in [0.05, 0.1) is 16.8 Å². The number of aliphatic hydroxyl groups is 1. The van der Waals surface area contributed by atoms with Crippen LogP contribution in [0.15, 0.2) is 30.5 Å². The van der Waals surface area contributed by atoms with Crippen molar-refractivity contribution in [2.75, 3.05) is 36.9 Å². The molecule has 0 unspecified atom stereocenters. The summed E-state index contributed by atoms with van der Waals surface area (Å²) < 4.78 is 5.44. The zero-order chi connectivity index (χ0) is 24.0. The summed E-state index contributed by atoms with van der Waals surface area (Å²) >= 11 is 6.51. The minimum Gasteiger partial charge on any atom is -0.392 e. The topological polar surface area (TPSA) is 117 Å². The third-order valence-electron chi connectivity index (χ3n) is 6.77. The fourth-order valence-corrected chi connectivity index (χ4v) is 4.81. The molecule has 1 saturated heterocycles. The third kappa shape index (κ3) is 7.02. The minimum atomic E-state index is -0.312. The molecule has 186 valence electrons. The average Bonchev–Trinajstić information content (AvgIpc) is 2.84. The lowest BCUT2D eigenvalue weighted by atomic mass is 9.91. The maximum absolute atomic E-state index is 9.48. The lowest BCUT2D eigenvalue weighted by Crippen LogP contribution is -2.50. The Labute approximate surface area is 207 Å². The second kappa shape index (κ2) is 11.6. The van der Waals surface area contributed by atoms with Crippen molar-refractivity contribution in [3.8, 4) is 11.3 Å². The van der Waals surface area contributed by atoms with E-state index >= 15 is 0 Å². The molecule has 6 N–H and O–H groups in total. The van der Waals surface area contributed by atoms with Crippen molar-refractivity contribution in [1.82, 2.24) is 15.3 Å². The fraction of sp³-hybridized carbons (Fsp3) is 0.600. The molecule has 2 aromatic heterocycles. The Morgan fingerprint density at radius 2 is 1.91 bits per heavy atom. The molecular formula is C25H37ClN6O2. The number of anilines is 2. The zero-order valence-electron chi connectivity index (χ0n) is 19.9. The van der Waals surface area contributed by atoms with Gasteiger partial charge in [-0.15, -0.1) is 0 Å². The number of halogens is 1. The third-order valence-corrected chi connectivity index (χ3v) is 7.07. The predicted octanol–water partition coefficient (Wildman–Crippen LogP) is 3.41. The van der Waals surface area contributed by atoms with Gasteiger partial charge in [-0.3, -0.25) is 0 Å². The van der Waals surface area contributed by atoms with Gasteiger partial charge in [0.2, 0.25) is 0 Å². The van der Waals surface area contributed by atoms with Gasteiger partial charge in [-0.1, -0.05) is 17.7 Å². The molecule has 4 rings (SSSR count). The van der Waals surface area contributed by atoms with E-state index in [2.05, 4.69) is 20.9 Å². The van der Waals surface area contributed by atoms with E-state index in [0.29, 0.717) is 43.4 Å². The van der Waals surface area contributed by atoms with Crippen LogP contribution in [-0.4, -0.2) is 65.1 Å². The summed E-state index contributed by atoms with van der Waals surface area (Å²) in [6.07, 6.45) is 7.32. The quantitative estimate of drug-likeness (QED) is 0.364. The van der Waals surface area contributed by atoms with Gasteiger partial charge in [-0.2, -0.15) is 0 Å². The van der Waals surface area contributed by atoms with E-state index in [0.717, 1.165) is 61.4 Å². The number of pyridine rings is 2. The van der Waals surface area contributed by atoms with E-state index in [1.165, 1.54) is 0 Å². The number of hydrogen-bond donors (Lipinski definition) is 5. The smallest absolute Gasteiger partial charge is 0.126 e. The van der Waals surface area contributed by atoms with Gasteiger partial charge in [-0.05, 0) is 63.6 Å². The van der Waals surface area contributed by atoms with E-state index in [1.807, 2.05) is 31.2 Å². The van der Waals surface area contributed by atoms with Gasteiger partial charge in [0.1, 0.15) is 11.6 Å². The number of nitrogens with zero attached hydrogens (tertiary/aromatic N) is 2. The van der Waals surface area contributed by atoms with Gasteiger partial charge in [0, 0.05) is 55.7 Å². The summed E-state index contributed by atoms with van der Waals surface area (Å²) in [5, 5.41) is 20.5. The van der Waals surface area contributed by atoms with Crippen LogP contribution in [0.4, 0.5) is 11.6 Å². The normalized spacial score (nSPS) is 23.3. The molecule has 1 aliphatic carbocycles. The van der Waals surface area contributed by atoms with Gasteiger partial charge in [0.15, 0.2) is 0 Å². The predicted molar refractivity (Wildman–Crippen MR) is 137 cm³/mol. The van der Waals surface area contributed by atoms with Gasteiger partial charge < -0.3 is 31.5 Å². The monoisotopic (exact) mass is 488 g/mol. The van der Waals surface area contributed by atoms with E-state index in [1.54, 1.807) is 6.20 Å². The van der Waals surface area contributed by atoms with E-state index in [4.69, 9.17) is 27.1 Å². The first-order valence-corrected chi connectivity index (χ1v) is 12.7. The Balaban J connectivity index is 1.37. The highest BCUT2D eigenvalue weighted by atomic mass is 35.5. The van der Waals surface area contributed by atoms with Crippen LogP contribution in [0, 0.1) is 0 Å². The number of aromatic nitrogens is 2. The second-order valence-electron chi connectivity index (χ2n) is 9.74. The molecule has 0 spiro atoms. The molecule has 2 aromatic rings. The number of ether oxygens (including phenoxy) is 1. The van der Waals surface area contributed by atoms with Crippen molar-refractivity contribution in [2.45, 2.75) is 69.2 Å². The summed E-state index contributed by atoms with van der Waals surface area (Å²) in [7, 11) is 0. The van der Waals surface area contributed by atoms with Crippen molar-refractivity contribution in [3.63, 3.8) is 0 Å². The number of hydrogen-bond acceptors (Lipinski definition) is 8. The minimum absolute atomic E-state index is 0.272. The summed E-state index contributed by atoms with van der Waals surface area (Å²) in [6, 6.07) is 8.70.